The number of aliphatic hydroxyl groups excluding tert-OH is 1. The van der Waals surface area contributed by atoms with Gasteiger partial charge in [-0.15, -0.1) is 0 Å². The van der Waals surface area contributed by atoms with Crippen molar-refractivity contribution in [1.82, 2.24) is 9.97 Å². The van der Waals surface area contributed by atoms with Crippen LogP contribution in [0.25, 0.3) is 0 Å². The van der Waals surface area contributed by atoms with Crippen molar-refractivity contribution in [3.05, 3.63) is 17.5 Å². The third-order valence-corrected chi connectivity index (χ3v) is 2.98. The van der Waals surface area contributed by atoms with Crippen molar-refractivity contribution >= 4 is 17.4 Å². The molecule has 2 N–H and O–H groups in total. The van der Waals surface area contributed by atoms with Gasteiger partial charge in [0.25, 0.3) is 0 Å². The van der Waals surface area contributed by atoms with Crippen LogP contribution in [0.15, 0.2) is 12.4 Å². The standard InChI is InChI=1S/C10H14ClN3O/c11-9-10(13-6-5-12-9)14-7-3-1-2-4-8(7)15/h5-8,15H,1-4H2,(H,13,14). The van der Waals surface area contributed by atoms with E-state index in [9.17, 15) is 5.11 Å². The van der Waals surface area contributed by atoms with Gasteiger partial charge in [-0.1, -0.05) is 24.4 Å². The maximum absolute atomic E-state index is 9.77. The van der Waals surface area contributed by atoms with Gasteiger partial charge < -0.3 is 10.4 Å². The molecule has 0 radical (unpaired) electrons. The summed E-state index contributed by atoms with van der Waals surface area (Å²) in [6.07, 6.45) is 6.84. The van der Waals surface area contributed by atoms with Gasteiger partial charge >= 0.3 is 0 Å². The van der Waals surface area contributed by atoms with Gasteiger partial charge in [0.05, 0.1) is 12.1 Å². The lowest BCUT2D eigenvalue weighted by molar-refractivity contribution is 0.116. The van der Waals surface area contributed by atoms with E-state index < -0.39 is 0 Å². The molecule has 1 fully saturated rings. The van der Waals surface area contributed by atoms with Crippen LogP contribution < -0.4 is 5.32 Å². The predicted molar refractivity (Wildman–Crippen MR) is 58.9 cm³/mol. The third kappa shape index (κ3) is 2.58. The Morgan fingerprint density at radius 2 is 2.00 bits per heavy atom. The molecule has 0 aromatic carbocycles. The predicted octanol–water partition coefficient (Wildman–Crippen LogP) is 1.85. The van der Waals surface area contributed by atoms with Gasteiger partial charge in [-0.25, -0.2) is 9.97 Å². The number of rotatable bonds is 2. The summed E-state index contributed by atoms with van der Waals surface area (Å²) in [5, 5.41) is 13.3. The fraction of sp³-hybridized carbons (Fsp3) is 0.600. The molecular weight excluding hydrogens is 214 g/mol. The quantitative estimate of drug-likeness (QED) is 0.810. The minimum atomic E-state index is -0.308. The zero-order valence-corrected chi connectivity index (χ0v) is 9.11. The van der Waals surface area contributed by atoms with E-state index in [1.807, 2.05) is 0 Å². The van der Waals surface area contributed by atoms with Crippen LogP contribution in [0.4, 0.5) is 5.82 Å². The van der Waals surface area contributed by atoms with E-state index in [4.69, 9.17) is 11.6 Å². The van der Waals surface area contributed by atoms with Crippen molar-refractivity contribution in [2.45, 2.75) is 37.8 Å². The average Bonchev–Trinajstić information content (AvgIpc) is 2.24. The van der Waals surface area contributed by atoms with Crippen LogP contribution >= 0.6 is 11.6 Å². The molecule has 2 rings (SSSR count). The number of aliphatic hydroxyl groups is 1. The minimum absolute atomic E-state index is 0.0490. The number of nitrogens with zero attached hydrogens (tertiary/aromatic N) is 2. The van der Waals surface area contributed by atoms with Gasteiger partial charge in [0, 0.05) is 12.4 Å². The number of hydrogen-bond donors (Lipinski definition) is 2. The van der Waals surface area contributed by atoms with Crippen molar-refractivity contribution in [2.24, 2.45) is 0 Å². The van der Waals surface area contributed by atoms with Crippen molar-refractivity contribution < 1.29 is 5.11 Å². The molecule has 1 aliphatic rings. The molecule has 0 spiro atoms. The summed E-state index contributed by atoms with van der Waals surface area (Å²) in [5.74, 6) is 0.560. The average molecular weight is 228 g/mol. The van der Waals surface area contributed by atoms with E-state index in [2.05, 4.69) is 15.3 Å². The summed E-state index contributed by atoms with van der Waals surface area (Å²) >= 11 is 5.87. The molecule has 1 aromatic rings. The Balaban J connectivity index is 2.04. The Morgan fingerprint density at radius 3 is 2.73 bits per heavy atom. The Kier molecular flexibility index (Phi) is 3.38. The lowest BCUT2D eigenvalue weighted by Crippen LogP contribution is -2.36. The van der Waals surface area contributed by atoms with E-state index in [-0.39, 0.29) is 12.1 Å². The highest BCUT2D eigenvalue weighted by atomic mass is 35.5. The Hall–Kier alpha value is -0.870. The third-order valence-electron chi connectivity index (χ3n) is 2.71. The van der Waals surface area contributed by atoms with Crippen LogP contribution in [0.5, 0.6) is 0 Å². The van der Waals surface area contributed by atoms with E-state index >= 15 is 0 Å². The first-order valence-corrected chi connectivity index (χ1v) is 5.56. The van der Waals surface area contributed by atoms with Gasteiger partial charge in [-0.05, 0) is 12.8 Å². The van der Waals surface area contributed by atoms with Crippen LogP contribution in [-0.2, 0) is 0 Å². The van der Waals surface area contributed by atoms with Crippen molar-refractivity contribution in [3.63, 3.8) is 0 Å². The second-order valence-electron chi connectivity index (χ2n) is 3.80. The summed E-state index contributed by atoms with van der Waals surface area (Å²) in [6, 6.07) is 0.0490. The molecule has 1 heterocycles. The second kappa shape index (κ2) is 4.77. The molecule has 0 amide bonds. The molecule has 0 aliphatic heterocycles. The SMILES string of the molecule is OC1CCCCC1Nc1nccnc1Cl. The summed E-state index contributed by atoms with van der Waals surface area (Å²) in [5.41, 5.74) is 0. The van der Waals surface area contributed by atoms with Crippen LogP contribution in [0, 0.1) is 0 Å². The number of halogens is 1. The smallest absolute Gasteiger partial charge is 0.171 e. The van der Waals surface area contributed by atoms with Crippen LogP contribution in [0.3, 0.4) is 0 Å². The highest BCUT2D eigenvalue weighted by molar-refractivity contribution is 6.31. The molecule has 4 nitrogen and oxygen atoms in total. The lowest BCUT2D eigenvalue weighted by Gasteiger charge is -2.28. The monoisotopic (exact) mass is 227 g/mol. The fourth-order valence-electron chi connectivity index (χ4n) is 1.87. The Labute approximate surface area is 93.7 Å². The van der Waals surface area contributed by atoms with Crippen LogP contribution in [-0.4, -0.2) is 27.2 Å². The van der Waals surface area contributed by atoms with Crippen LogP contribution in [0.2, 0.25) is 5.15 Å². The van der Waals surface area contributed by atoms with Crippen LogP contribution in [0.1, 0.15) is 25.7 Å². The van der Waals surface area contributed by atoms with Gasteiger partial charge in [0.1, 0.15) is 0 Å². The number of anilines is 1. The summed E-state index contributed by atoms with van der Waals surface area (Å²) < 4.78 is 0. The Bertz CT molecular complexity index is 334. The van der Waals surface area contributed by atoms with E-state index in [0.29, 0.717) is 11.0 Å². The zero-order chi connectivity index (χ0) is 10.7. The first-order valence-electron chi connectivity index (χ1n) is 5.18. The van der Waals surface area contributed by atoms with Gasteiger partial charge in [0.15, 0.2) is 11.0 Å². The van der Waals surface area contributed by atoms with Gasteiger partial charge in [-0.2, -0.15) is 0 Å². The molecule has 0 bridgehead atoms. The molecule has 1 aromatic heterocycles. The molecule has 82 valence electrons. The molecule has 2 atom stereocenters. The molecule has 0 saturated heterocycles. The fourth-order valence-corrected chi connectivity index (χ4v) is 2.03. The second-order valence-corrected chi connectivity index (χ2v) is 4.16. The van der Waals surface area contributed by atoms with E-state index in [1.165, 1.54) is 0 Å². The van der Waals surface area contributed by atoms with Gasteiger partial charge in [-0.3, -0.25) is 0 Å². The maximum atomic E-state index is 9.77. The topological polar surface area (TPSA) is 58.0 Å². The molecule has 5 heteroatoms. The molecule has 15 heavy (non-hydrogen) atoms. The number of aromatic nitrogens is 2. The van der Waals surface area contributed by atoms with E-state index in [0.717, 1.165) is 25.7 Å². The lowest BCUT2D eigenvalue weighted by atomic mass is 9.93. The highest BCUT2D eigenvalue weighted by Gasteiger charge is 2.23. The molecule has 2 unspecified atom stereocenters. The van der Waals surface area contributed by atoms with Gasteiger partial charge in [0.2, 0.25) is 0 Å². The van der Waals surface area contributed by atoms with E-state index in [1.54, 1.807) is 12.4 Å². The summed E-state index contributed by atoms with van der Waals surface area (Å²) in [7, 11) is 0. The maximum Gasteiger partial charge on any atom is 0.171 e. The first kappa shape index (κ1) is 10.6. The normalized spacial score (nSPS) is 26.3. The number of hydrogen-bond acceptors (Lipinski definition) is 4. The zero-order valence-electron chi connectivity index (χ0n) is 8.36. The van der Waals surface area contributed by atoms with Crippen molar-refractivity contribution in [1.29, 1.82) is 0 Å². The molecular formula is C10H14ClN3O. The summed E-state index contributed by atoms with van der Waals surface area (Å²) in [4.78, 5) is 8.02. The Morgan fingerprint density at radius 1 is 1.27 bits per heavy atom. The number of nitrogens with one attached hydrogen (secondary N) is 1. The first-order chi connectivity index (χ1) is 7.27. The molecule has 1 saturated carbocycles. The highest BCUT2D eigenvalue weighted by Crippen LogP contribution is 2.23. The summed E-state index contributed by atoms with van der Waals surface area (Å²) in [6.45, 7) is 0. The largest absolute Gasteiger partial charge is 0.391 e. The van der Waals surface area contributed by atoms with Crippen molar-refractivity contribution in [2.75, 3.05) is 5.32 Å². The minimum Gasteiger partial charge on any atom is -0.391 e. The van der Waals surface area contributed by atoms with Crippen molar-refractivity contribution in [3.8, 4) is 0 Å². The molecule has 1 aliphatic carbocycles.